The lowest BCUT2D eigenvalue weighted by atomic mass is 10.6. The van der Waals surface area contributed by atoms with Crippen LogP contribution >= 0.6 is 24.0 Å². The van der Waals surface area contributed by atoms with Crippen LogP contribution in [0, 0.1) is 0 Å². The maximum atomic E-state index is 4.57. The summed E-state index contributed by atoms with van der Waals surface area (Å²) >= 11 is 6.24. The van der Waals surface area contributed by atoms with Crippen molar-refractivity contribution >= 4 is 28.7 Å². The van der Waals surface area contributed by atoms with E-state index in [1.54, 1.807) is 16.5 Å². The van der Waals surface area contributed by atoms with Crippen LogP contribution in [0.3, 0.4) is 0 Å². The van der Waals surface area contributed by atoms with Crippen LogP contribution in [0.5, 0.6) is 0 Å². The zero-order valence-electron chi connectivity index (χ0n) is 3.97. The smallest absolute Gasteiger partial charge is 0.0344 e. The van der Waals surface area contributed by atoms with E-state index in [-0.39, 0.29) is 0 Å². The van der Waals surface area contributed by atoms with Gasteiger partial charge in [0.25, 0.3) is 0 Å². The Bertz CT molecular complexity index is 40.8. The average molecular weight is 120 g/mol. The predicted octanol–water partition coefficient (Wildman–Crippen LogP) is 2.09. The highest BCUT2D eigenvalue weighted by molar-refractivity contribution is 8.21. The molecule has 0 aliphatic heterocycles. The van der Waals surface area contributed by atoms with Gasteiger partial charge in [-0.3, -0.25) is 0 Å². The summed E-state index contributed by atoms with van der Waals surface area (Å²) in [5.41, 5.74) is 0. The van der Waals surface area contributed by atoms with Crippen LogP contribution in [0.4, 0.5) is 0 Å². The number of hydrogen-bond donors (Lipinski definition) is 0. The molecule has 0 spiro atoms. The third kappa shape index (κ3) is 4.44. The molecular weight excluding hydrogens is 112 g/mol. The van der Waals surface area contributed by atoms with Gasteiger partial charge in [0, 0.05) is 9.95 Å². The molecule has 0 nitrogen and oxygen atoms in total. The van der Waals surface area contributed by atoms with Crippen LogP contribution in [-0.2, 0) is 0 Å². The molecule has 2 heteroatoms. The second-order valence-corrected chi connectivity index (χ2v) is 3.27. The number of thioether (sulfide) groups is 1. The van der Waals surface area contributed by atoms with Gasteiger partial charge in [-0.1, -0.05) is 26.1 Å². The zero-order chi connectivity index (χ0) is 4.99. The van der Waals surface area contributed by atoms with E-state index in [9.17, 15) is 0 Å². The van der Waals surface area contributed by atoms with Gasteiger partial charge in [-0.15, -0.1) is 11.8 Å². The van der Waals surface area contributed by atoms with Crippen molar-refractivity contribution in [1.29, 1.82) is 0 Å². The Morgan fingerprint density at radius 1 is 1.67 bits per heavy atom. The van der Waals surface area contributed by atoms with E-state index in [0.717, 1.165) is 0 Å². The van der Waals surface area contributed by atoms with Crippen molar-refractivity contribution in [3.8, 4) is 0 Å². The lowest BCUT2D eigenvalue weighted by molar-refractivity contribution is 1.12. The van der Waals surface area contributed by atoms with E-state index in [1.165, 1.54) is 0 Å². The van der Waals surface area contributed by atoms with Crippen LogP contribution in [0.2, 0.25) is 0 Å². The lowest BCUT2D eigenvalue weighted by Gasteiger charge is -1.91. The van der Waals surface area contributed by atoms with E-state index >= 15 is 0 Å². The first kappa shape index (κ1) is 6.44. The van der Waals surface area contributed by atoms with Gasteiger partial charge in [0.1, 0.15) is 0 Å². The monoisotopic (exact) mass is 120 g/mol. The Hall–Kier alpha value is 0.440. The second kappa shape index (κ2) is 3.62. The summed E-state index contributed by atoms with van der Waals surface area (Å²) in [5.74, 6) is 0. The molecule has 0 N–H and O–H groups in total. The van der Waals surface area contributed by atoms with Gasteiger partial charge < -0.3 is 0 Å². The van der Waals surface area contributed by atoms with E-state index in [4.69, 9.17) is 0 Å². The van der Waals surface area contributed by atoms with E-state index < -0.39 is 0 Å². The molecule has 0 rings (SSSR count). The summed E-state index contributed by atoms with van der Waals surface area (Å²) in [5, 5.41) is 0.655. The molecule has 0 saturated heterocycles. The fourth-order valence-electron chi connectivity index (χ4n) is 0.111. The first-order valence-corrected chi connectivity index (χ1v) is 3.28. The number of rotatable bonds is 2. The van der Waals surface area contributed by atoms with Crippen LogP contribution in [-0.4, -0.2) is 9.95 Å². The van der Waals surface area contributed by atoms with Gasteiger partial charge in [-0.25, -0.2) is 0 Å². The maximum Gasteiger partial charge on any atom is 0.0344 e. The molecule has 0 atom stereocenters. The van der Waals surface area contributed by atoms with Crippen molar-refractivity contribution in [2.45, 2.75) is 19.1 Å². The number of hydrogen-bond acceptors (Lipinski definition) is 2. The van der Waals surface area contributed by atoms with Gasteiger partial charge in [0.05, 0.1) is 0 Å². The summed E-state index contributed by atoms with van der Waals surface area (Å²) < 4.78 is 1.70. The molecule has 0 amide bonds. The maximum absolute atomic E-state index is 4.57. The average Bonchev–Trinajstić information content (AvgIpc) is 1.35. The van der Waals surface area contributed by atoms with Crippen LogP contribution in [0.15, 0.2) is 0 Å². The largest absolute Gasteiger partial charge is 0.120 e. The third-order valence-corrected chi connectivity index (χ3v) is 1.32. The highest BCUT2D eigenvalue weighted by atomic mass is 32.2. The molecule has 0 aromatic carbocycles. The molecule has 0 heterocycles. The molecule has 0 aliphatic rings. The van der Waals surface area contributed by atoms with E-state index in [0.29, 0.717) is 5.25 Å². The summed E-state index contributed by atoms with van der Waals surface area (Å²) in [4.78, 5) is 0. The Morgan fingerprint density at radius 3 is 2.17 bits per heavy atom. The quantitative estimate of drug-likeness (QED) is 0.512. The van der Waals surface area contributed by atoms with Crippen molar-refractivity contribution in [2.24, 2.45) is 0 Å². The van der Waals surface area contributed by atoms with Crippen molar-refractivity contribution in [1.82, 2.24) is 0 Å². The minimum atomic E-state index is 0.655. The van der Waals surface area contributed by atoms with Crippen LogP contribution in [0.25, 0.3) is 0 Å². The second-order valence-electron chi connectivity index (χ2n) is 1.28. The minimum Gasteiger partial charge on any atom is -0.120 e. The summed E-state index contributed by atoms with van der Waals surface area (Å²) in [7, 11) is 0. The lowest BCUT2D eigenvalue weighted by Crippen LogP contribution is -1.81. The molecule has 0 saturated carbocycles. The minimum absolute atomic E-state index is 0.655. The first-order valence-electron chi connectivity index (χ1n) is 1.86. The van der Waals surface area contributed by atoms with E-state index in [1.807, 2.05) is 0 Å². The molecule has 6 heavy (non-hydrogen) atoms. The molecule has 0 unspecified atom stereocenters. The third-order valence-electron chi connectivity index (χ3n) is 0.328. The van der Waals surface area contributed by atoms with Gasteiger partial charge in [-0.05, 0) is 0 Å². The fraction of sp³-hybridized carbons (Fsp3) is 0.750. The topological polar surface area (TPSA) is 0 Å². The molecule has 36 valence electrons. The Balaban J connectivity index is 2.81. The van der Waals surface area contributed by atoms with Crippen molar-refractivity contribution in [2.75, 3.05) is 0 Å². The molecule has 0 aliphatic carbocycles. The summed E-state index contributed by atoms with van der Waals surface area (Å²) in [6, 6.07) is 0. The fourth-order valence-corrected chi connectivity index (χ4v) is 1.00. The predicted molar refractivity (Wildman–Crippen MR) is 36.4 cm³/mol. The molecular formula is C4H8S2. The summed E-state index contributed by atoms with van der Waals surface area (Å²) in [6.45, 7) is 4.24. The van der Waals surface area contributed by atoms with Gasteiger partial charge in [0.2, 0.25) is 0 Å². The van der Waals surface area contributed by atoms with Gasteiger partial charge in [-0.2, -0.15) is 0 Å². The Kier molecular flexibility index (Phi) is 3.89. The molecule has 0 bridgehead atoms. The normalized spacial score (nSPS) is 9.17. The molecule has 0 fully saturated rings. The van der Waals surface area contributed by atoms with Crippen LogP contribution in [0.1, 0.15) is 13.8 Å². The van der Waals surface area contributed by atoms with Crippen molar-refractivity contribution < 1.29 is 0 Å². The number of thiocarbonyl (C=S) groups is 1. The highest BCUT2D eigenvalue weighted by Gasteiger charge is 1.83. The van der Waals surface area contributed by atoms with Gasteiger partial charge in [0.15, 0.2) is 0 Å². The SMILES string of the molecule is CC(C)SC=S. The Labute approximate surface area is 48.3 Å². The summed E-state index contributed by atoms with van der Waals surface area (Å²) in [6.07, 6.45) is 0. The zero-order valence-corrected chi connectivity index (χ0v) is 5.60. The van der Waals surface area contributed by atoms with Crippen molar-refractivity contribution in [3.63, 3.8) is 0 Å². The molecule has 0 aromatic heterocycles. The highest BCUT2D eigenvalue weighted by Crippen LogP contribution is 2.03. The van der Waals surface area contributed by atoms with E-state index in [2.05, 4.69) is 26.1 Å². The Morgan fingerprint density at radius 2 is 2.17 bits per heavy atom. The van der Waals surface area contributed by atoms with Crippen LogP contribution < -0.4 is 0 Å². The van der Waals surface area contributed by atoms with Crippen molar-refractivity contribution in [3.05, 3.63) is 0 Å². The molecule has 0 aromatic rings. The standard InChI is InChI=1S/C4H8S2/c1-4(2)6-3-5/h3-4H,1-2H3. The molecule has 0 radical (unpaired) electrons. The first-order chi connectivity index (χ1) is 2.77. The van der Waals surface area contributed by atoms with Gasteiger partial charge >= 0.3 is 0 Å².